The zero-order valence-corrected chi connectivity index (χ0v) is 19.5. The van der Waals surface area contributed by atoms with E-state index in [1.165, 1.54) is 11.8 Å². The molecule has 0 aliphatic carbocycles. The van der Waals surface area contributed by atoms with Crippen LogP contribution in [0, 0.1) is 5.92 Å². The van der Waals surface area contributed by atoms with Crippen molar-refractivity contribution in [3.63, 3.8) is 0 Å². The molecule has 0 heterocycles. The molecule has 0 radical (unpaired) electrons. The van der Waals surface area contributed by atoms with Crippen molar-refractivity contribution in [2.45, 2.75) is 57.3 Å². The maximum absolute atomic E-state index is 12.8. The van der Waals surface area contributed by atoms with Gasteiger partial charge in [-0.05, 0) is 30.8 Å². The van der Waals surface area contributed by atoms with E-state index in [-0.39, 0.29) is 12.2 Å². The molecular weight excluding hydrogens is 448 g/mol. The summed E-state index contributed by atoms with van der Waals surface area (Å²) in [5.74, 6) is -4.47. The highest BCUT2D eigenvalue weighted by Crippen LogP contribution is 2.07. The average molecular weight is 481 g/mol. The fourth-order valence-electron chi connectivity index (χ4n) is 2.43. The van der Waals surface area contributed by atoms with Gasteiger partial charge >= 0.3 is 11.9 Å². The molecular formula is C18H32N4O7S2. The Morgan fingerprint density at radius 1 is 0.935 bits per heavy atom. The van der Waals surface area contributed by atoms with Crippen molar-refractivity contribution >= 4 is 54.1 Å². The van der Waals surface area contributed by atoms with E-state index in [0.29, 0.717) is 12.2 Å². The Bertz CT molecular complexity index is 648. The van der Waals surface area contributed by atoms with Crippen molar-refractivity contribution in [1.29, 1.82) is 0 Å². The number of nitrogens with one attached hydrogen (secondary N) is 3. The lowest BCUT2D eigenvalue weighted by atomic mass is 10.0. The van der Waals surface area contributed by atoms with Gasteiger partial charge in [-0.3, -0.25) is 19.2 Å². The number of carbonyl (C=O) groups excluding carboxylic acids is 3. The molecule has 4 unspecified atom stereocenters. The van der Waals surface area contributed by atoms with Gasteiger partial charge in [-0.15, -0.1) is 0 Å². The second-order valence-corrected chi connectivity index (χ2v) is 8.54. The molecule has 3 amide bonds. The minimum atomic E-state index is -1.27. The summed E-state index contributed by atoms with van der Waals surface area (Å²) >= 11 is 5.38. The molecule has 0 aliphatic rings. The lowest BCUT2D eigenvalue weighted by Gasteiger charge is -2.26. The number of amides is 3. The monoisotopic (exact) mass is 480 g/mol. The van der Waals surface area contributed by atoms with Crippen molar-refractivity contribution in [2.24, 2.45) is 11.7 Å². The first-order chi connectivity index (χ1) is 14.4. The summed E-state index contributed by atoms with van der Waals surface area (Å²) in [5, 5.41) is 25.2. The molecule has 0 saturated carbocycles. The summed E-state index contributed by atoms with van der Waals surface area (Å²) in [6.45, 7) is 3.29. The van der Waals surface area contributed by atoms with E-state index in [1.54, 1.807) is 13.8 Å². The lowest BCUT2D eigenvalue weighted by molar-refractivity contribution is -0.142. The summed E-state index contributed by atoms with van der Waals surface area (Å²) in [4.78, 5) is 59.6. The molecule has 4 atom stereocenters. The van der Waals surface area contributed by atoms with Gasteiger partial charge in [0.15, 0.2) is 0 Å². The molecule has 7 N–H and O–H groups in total. The largest absolute Gasteiger partial charge is 0.481 e. The Kier molecular flexibility index (Phi) is 14.0. The second kappa shape index (κ2) is 14.9. The molecule has 11 nitrogen and oxygen atoms in total. The number of thioether (sulfide) groups is 1. The van der Waals surface area contributed by atoms with Crippen molar-refractivity contribution in [1.82, 2.24) is 16.0 Å². The number of carbonyl (C=O) groups is 5. The highest BCUT2D eigenvalue weighted by molar-refractivity contribution is 7.98. The molecule has 178 valence electrons. The first kappa shape index (κ1) is 29.0. The van der Waals surface area contributed by atoms with Crippen LogP contribution in [0.5, 0.6) is 0 Å². The van der Waals surface area contributed by atoms with E-state index in [9.17, 15) is 24.0 Å². The fraction of sp³-hybridized carbons (Fsp3) is 0.722. The molecule has 0 fully saturated rings. The molecule has 0 spiro atoms. The van der Waals surface area contributed by atoms with Gasteiger partial charge in [-0.25, -0.2) is 4.79 Å². The quantitative estimate of drug-likeness (QED) is 0.145. The smallest absolute Gasteiger partial charge is 0.327 e. The maximum Gasteiger partial charge on any atom is 0.327 e. The van der Waals surface area contributed by atoms with Gasteiger partial charge < -0.3 is 31.9 Å². The highest BCUT2D eigenvalue weighted by Gasteiger charge is 2.31. The van der Waals surface area contributed by atoms with Crippen molar-refractivity contribution in [2.75, 3.05) is 17.8 Å². The molecule has 0 bridgehead atoms. The number of aliphatic carboxylic acids is 2. The van der Waals surface area contributed by atoms with Crippen molar-refractivity contribution in [3.05, 3.63) is 0 Å². The Labute approximate surface area is 191 Å². The molecule has 0 aromatic heterocycles. The van der Waals surface area contributed by atoms with E-state index >= 15 is 0 Å². The normalized spacial score (nSPS) is 14.8. The van der Waals surface area contributed by atoms with Crippen molar-refractivity contribution in [3.8, 4) is 0 Å². The number of carboxylic acid groups (broad SMARTS) is 2. The standard InChI is InChI=1S/C18H32N4O7S2/c1-9(2)14(17(27)21-12(8-30)18(28)29)22-16(26)11(4-5-13(23)24)20-15(25)10(19)6-7-31-3/h9-12,14,30H,4-8,19H2,1-3H3,(H,20,25)(H,21,27)(H,22,26)(H,23,24)(H,28,29). The van der Waals surface area contributed by atoms with Crippen LogP contribution in [0.15, 0.2) is 0 Å². The second-order valence-electron chi connectivity index (χ2n) is 7.19. The minimum absolute atomic E-state index is 0.148. The first-order valence-corrected chi connectivity index (χ1v) is 11.7. The number of carboxylic acids is 2. The van der Waals surface area contributed by atoms with Crippen LogP contribution in [0.4, 0.5) is 0 Å². The van der Waals surface area contributed by atoms with Gasteiger partial charge in [0.2, 0.25) is 17.7 Å². The predicted octanol–water partition coefficient (Wildman–Crippen LogP) is -0.944. The van der Waals surface area contributed by atoms with Crippen LogP contribution in [0.2, 0.25) is 0 Å². The van der Waals surface area contributed by atoms with E-state index in [2.05, 4.69) is 28.6 Å². The van der Waals surface area contributed by atoms with Crippen LogP contribution >= 0.6 is 24.4 Å². The third-order valence-corrected chi connectivity index (χ3v) is 5.30. The Morgan fingerprint density at radius 2 is 1.52 bits per heavy atom. The fourth-order valence-corrected chi connectivity index (χ4v) is 3.16. The molecule has 31 heavy (non-hydrogen) atoms. The van der Waals surface area contributed by atoms with Crippen LogP contribution in [-0.2, 0) is 24.0 Å². The lowest BCUT2D eigenvalue weighted by Crippen LogP contribution is -2.58. The maximum atomic E-state index is 12.8. The van der Waals surface area contributed by atoms with Gasteiger partial charge in [0.1, 0.15) is 18.1 Å². The van der Waals surface area contributed by atoms with E-state index < -0.39 is 66.2 Å². The number of nitrogens with two attached hydrogens (primary N) is 1. The summed E-state index contributed by atoms with van der Waals surface area (Å²) in [7, 11) is 0. The molecule has 0 aromatic rings. The van der Waals surface area contributed by atoms with Gasteiger partial charge in [-0.2, -0.15) is 24.4 Å². The summed E-state index contributed by atoms with van der Waals surface area (Å²) in [5.41, 5.74) is 5.80. The van der Waals surface area contributed by atoms with Crippen molar-refractivity contribution < 1.29 is 34.2 Å². The average Bonchev–Trinajstić information content (AvgIpc) is 2.69. The Balaban J connectivity index is 5.35. The van der Waals surface area contributed by atoms with Crippen LogP contribution < -0.4 is 21.7 Å². The SMILES string of the molecule is CSCCC(N)C(=O)NC(CCC(=O)O)C(=O)NC(C(=O)NC(CS)C(=O)O)C(C)C. The molecule has 0 rings (SSSR count). The zero-order valence-electron chi connectivity index (χ0n) is 17.8. The molecule has 0 saturated heterocycles. The summed E-state index contributed by atoms with van der Waals surface area (Å²) in [6, 6.07) is -4.45. The topological polar surface area (TPSA) is 188 Å². The highest BCUT2D eigenvalue weighted by atomic mass is 32.2. The van der Waals surface area contributed by atoms with Crippen LogP contribution in [0.3, 0.4) is 0 Å². The van der Waals surface area contributed by atoms with E-state index in [1.807, 2.05) is 6.26 Å². The molecule has 0 aliphatic heterocycles. The number of rotatable bonds is 15. The van der Waals surface area contributed by atoms with Gasteiger partial charge in [0.05, 0.1) is 6.04 Å². The van der Waals surface area contributed by atoms with Gasteiger partial charge in [0.25, 0.3) is 0 Å². The zero-order chi connectivity index (χ0) is 24.1. The molecule has 0 aromatic carbocycles. The van der Waals surface area contributed by atoms with E-state index in [0.717, 1.165) is 0 Å². The van der Waals surface area contributed by atoms with E-state index in [4.69, 9.17) is 15.9 Å². The summed E-state index contributed by atoms with van der Waals surface area (Å²) < 4.78 is 0. The third-order valence-electron chi connectivity index (χ3n) is 4.29. The Hall–Kier alpha value is -1.99. The number of thiol groups is 1. The summed E-state index contributed by atoms with van der Waals surface area (Å²) in [6.07, 6.45) is 1.63. The van der Waals surface area contributed by atoms with Gasteiger partial charge in [0, 0.05) is 12.2 Å². The first-order valence-electron chi connectivity index (χ1n) is 9.65. The predicted molar refractivity (Wildman–Crippen MR) is 120 cm³/mol. The molecule has 13 heteroatoms. The Morgan fingerprint density at radius 3 is 1.97 bits per heavy atom. The number of hydrogen-bond donors (Lipinski definition) is 7. The number of hydrogen-bond acceptors (Lipinski definition) is 8. The van der Waals surface area contributed by atoms with Crippen LogP contribution in [0.1, 0.15) is 33.1 Å². The van der Waals surface area contributed by atoms with Gasteiger partial charge in [-0.1, -0.05) is 13.8 Å². The third kappa shape index (κ3) is 11.3. The minimum Gasteiger partial charge on any atom is -0.481 e. The van der Waals surface area contributed by atoms with Crippen LogP contribution in [0.25, 0.3) is 0 Å². The van der Waals surface area contributed by atoms with Crippen LogP contribution in [-0.4, -0.2) is 81.8 Å².